The molecule has 23 heavy (non-hydrogen) atoms. The Kier molecular flexibility index (Phi) is 8.31. The molecule has 0 rings (SSSR count). The van der Waals surface area contributed by atoms with Crippen LogP contribution >= 0.6 is 0 Å². The van der Waals surface area contributed by atoms with Crippen LogP contribution in [0.5, 0.6) is 0 Å². The monoisotopic (exact) mass is 328 g/mol. The van der Waals surface area contributed by atoms with Crippen molar-refractivity contribution in [3.05, 3.63) is 24.3 Å². The van der Waals surface area contributed by atoms with Gasteiger partial charge in [0, 0.05) is 11.1 Å². The summed E-state index contributed by atoms with van der Waals surface area (Å²) in [6.07, 6.45) is -1.14. The molecule has 0 aromatic heterocycles. The fraction of sp³-hybridized carbons (Fsp3) is 0.467. The highest BCUT2D eigenvalue weighted by atomic mass is 16.6. The van der Waals surface area contributed by atoms with Crippen molar-refractivity contribution < 1.29 is 38.5 Å². The molecular weight excluding hydrogens is 308 g/mol. The fourth-order valence-corrected chi connectivity index (χ4v) is 1.07. The van der Waals surface area contributed by atoms with Crippen LogP contribution in [0.3, 0.4) is 0 Å². The number of carboxylic acids is 1. The molecule has 0 aromatic rings. The van der Waals surface area contributed by atoms with Gasteiger partial charge in [0.15, 0.2) is 12.0 Å². The number of carbonyl (C=O) groups excluding carboxylic acids is 3. The van der Waals surface area contributed by atoms with E-state index in [1.165, 1.54) is 13.8 Å². The Morgan fingerprint density at radius 2 is 1.35 bits per heavy atom. The van der Waals surface area contributed by atoms with Crippen LogP contribution in [0.25, 0.3) is 0 Å². The second-order valence-electron chi connectivity index (χ2n) is 4.88. The number of carboxylic acid groups (broad SMARTS) is 1. The number of ether oxygens (including phenoxy) is 3. The summed E-state index contributed by atoms with van der Waals surface area (Å²) >= 11 is 0. The van der Waals surface area contributed by atoms with Gasteiger partial charge >= 0.3 is 23.9 Å². The first kappa shape index (κ1) is 20.4. The Bertz CT molecular complexity index is 490. The summed E-state index contributed by atoms with van der Waals surface area (Å²) in [4.78, 5) is 45.1. The molecule has 0 aliphatic carbocycles. The smallest absolute Gasteiger partial charge is 0.333 e. The highest BCUT2D eigenvalue weighted by Gasteiger charge is 2.27. The number of carbonyl (C=O) groups is 4. The molecule has 0 amide bonds. The first-order valence-electron chi connectivity index (χ1n) is 6.64. The topological polar surface area (TPSA) is 116 Å². The molecule has 128 valence electrons. The van der Waals surface area contributed by atoms with Gasteiger partial charge in [-0.25, -0.2) is 9.59 Å². The van der Waals surface area contributed by atoms with E-state index in [9.17, 15) is 19.2 Å². The standard InChI is InChI=1S/C15H20O8/c1-8(2)13(18)21-6-11(7-22-14(19)9(3)4)23-15(20)10(5)12(16)17/h10-11H,1,3,6-7H2,2,4-5H3,(H,16,17). The average Bonchev–Trinajstić information content (AvgIpc) is 2.47. The van der Waals surface area contributed by atoms with Crippen LogP contribution in [0.15, 0.2) is 24.3 Å². The fourth-order valence-electron chi connectivity index (χ4n) is 1.07. The molecule has 0 spiro atoms. The molecule has 0 aliphatic heterocycles. The van der Waals surface area contributed by atoms with Gasteiger partial charge < -0.3 is 19.3 Å². The van der Waals surface area contributed by atoms with Crippen molar-refractivity contribution >= 4 is 23.9 Å². The van der Waals surface area contributed by atoms with E-state index < -0.39 is 49.1 Å². The van der Waals surface area contributed by atoms with Crippen LogP contribution in [0.1, 0.15) is 20.8 Å². The van der Waals surface area contributed by atoms with E-state index >= 15 is 0 Å². The lowest BCUT2D eigenvalue weighted by atomic mass is 10.2. The van der Waals surface area contributed by atoms with Gasteiger partial charge in [-0.3, -0.25) is 9.59 Å². The summed E-state index contributed by atoms with van der Waals surface area (Å²) in [7, 11) is 0. The van der Waals surface area contributed by atoms with Crippen molar-refractivity contribution in [2.75, 3.05) is 13.2 Å². The number of hydrogen-bond donors (Lipinski definition) is 1. The zero-order valence-electron chi connectivity index (χ0n) is 13.3. The molecule has 0 heterocycles. The molecule has 1 unspecified atom stereocenters. The largest absolute Gasteiger partial charge is 0.481 e. The Balaban J connectivity index is 4.78. The van der Waals surface area contributed by atoms with Crippen molar-refractivity contribution in [3.63, 3.8) is 0 Å². The predicted molar refractivity (Wildman–Crippen MR) is 78.2 cm³/mol. The third-order valence-electron chi connectivity index (χ3n) is 2.50. The molecule has 1 N–H and O–H groups in total. The van der Waals surface area contributed by atoms with Gasteiger partial charge in [-0.2, -0.15) is 0 Å². The molecule has 8 heteroatoms. The lowest BCUT2D eigenvalue weighted by Crippen LogP contribution is -2.34. The first-order valence-corrected chi connectivity index (χ1v) is 6.64. The van der Waals surface area contributed by atoms with Crippen molar-refractivity contribution in [2.45, 2.75) is 26.9 Å². The van der Waals surface area contributed by atoms with E-state index in [2.05, 4.69) is 13.2 Å². The predicted octanol–water partition coefficient (Wildman–Crippen LogP) is 0.857. The highest BCUT2D eigenvalue weighted by Crippen LogP contribution is 2.06. The van der Waals surface area contributed by atoms with Crippen molar-refractivity contribution in [3.8, 4) is 0 Å². The van der Waals surface area contributed by atoms with E-state index in [0.717, 1.165) is 6.92 Å². The molecule has 1 atom stereocenters. The van der Waals surface area contributed by atoms with Gasteiger partial charge in [0.25, 0.3) is 0 Å². The third-order valence-corrected chi connectivity index (χ3v) is 2.50. The molecule has 0 radical (unpaired) electrons. The summed E-state index contributed by atoms with van der Waals surface area (Å²) in [5.74, 6) is -5.26. The maximum Gasteiger partial charge on any atom is 0.333 e. The molecular formula is C15H20O8. The van der Waals surface area contributed by atoms with Gasteiger partial charge in [0.2, 0.25) is 0 Å². The molecule has 0 saturated heterocycles. The van der Waals surface area contributed by atoms with Crippen LogP contribution < -0.4 is 0 Å². The lowest BCUT2D eigenvalue weighted by molar-refractivity contribution is -0.171. The van der Waals surface area contributed by atoms with Gasteiger partial charge in [-0.05, 0) is 20.8 Å². The maximum absolute atomic E-state index is 11.6. The Labute approximate surface area is 133 Å². The molecule has 0 aromatic carbocycles. The Hall–Kier alpha value is -2.64. The first-order chi connectivity index (χ1) is 10.6. The summed E-state index contributed by atoms with van der Waals surface area (Å²) in [5.41, 5.74) is 0.265. The summed E-state index contributed by atoms with van der Waals surface area (Å²) in [6, 6.07) is 0. The summed E-state index contributed by atoms with van der Waals surface area (Å²) < 4.78 is 14.5. The minimum atomic E-state index is -1.41. The number of aliphatic carboxylic acids is 1. The number of hydrogen-bond acceptors (Lipinski definition) is 7. The molecule has 8 nitrogen and oxygen atoms in total. The molecule has 0 saturated carbocycles. The molecule has 0 bridgehead atoms. The van der Waals surface area contributed by atoms with Crippen LogP contribution in [0.2, 0.25) is 0 Å². The average molecular weight is 328 g/mol. The van der Waals surface area contributed by atoms with Crippen LogP contribution in [0, 0.1) is 5.92 Å². The molecule has 0 aliphatic rings. The van der Waals surface area contributed by atoms with Gasteiger partial charge in [0.1, 0.15) is 13.2 Å². The van der Waals surface area contributed by atoms with Crippen molar-refractivity contribution in [1.29, 1.82) is 0 Å². The number of esters is 3. The Morgan fingerprint density at radius 1 is 0.957 bits per heavy atom. The Morgan fingerprint density at radius 3 is 1.65 bits per heavy atom. The van der Waals surface area contributed by atoms with E-state index in [-0.39, 0.29) is 11.1 Å². The lowest BCUT2D eigenvalue weighted by Gasteiger charge is -2.19. The zero-order valence-corrected chi connectivity index (χ0v) is 13.3. The van der Waals surface area contributed by atoms with Gasteiger partial charge in [-0.15, -0.1) is 0 Å². The zero-order chi connectivity index (χ0) is 18.2. The van der Waals surface area contributed by atoms with E-state index in [1.807, 2.05) is 0 Å². The highest BCUT2D eigenvalue weighted by molar-refractivity contribution is 5.93. The van der Waals surface area contributed by atoms with Crippen molar-refractivity contribution in [2.24, 2.45) is 5.92 Å². The number of rotatable bonds is 9. The minimum absolute atomic E-state index is 0.132. The van der Waals surface area contributed by atoms with Crippen LogP contribution in [0.4, 0.5) is 0 Å². The van der Waals surface area contributed by atoms with Crippen LogP contribution in [-0.4, -0.2) is 48.3 Å². The van der Waals surface area contributed by atoms with E-state index in [1.54, 1.807) is 0 Å². The normalized spacial score (nSPS) is 11.3. The van der Waals surface area contributed by atoms with Crippen LogP contribution in [-0.2, 0) is 33.4 Å². The molecule has 0 fully saturated rings. The van der Waals surface area contributed by atoms with Crippen molar-refractivity contribution in [1.82, 2.24) is 0 Å². The quantitative estimate of drug-likeness (QED) is 0.287. The second-order valence-corrected chi connectivity index (χ2v) is 4.88. The maximum atomic E-state index is 11.6. The second kappa shape index (κ2) is 9.39. The summed E-state index contributed by atoms with van der Waals surface area (Å²) in [6.45, 7) is 9.95. The summed E-state index contributed by atoms with van der Waals surface area (Å²) in [5, 5.41) is 8.75. The minimum Gasteiger partial charge on any atom is -0.481 e. The van der Waals surface area contributed by atoms with E-state index in [0.29, 0.717) is 0 Å². The van der Waals surface area contributed by atoms with E-state index in [4.69, 9.17) is 19.3 Å². The SMILES string of the molecule is C=C(C)C(=O)OCC(COC(=O)C(=C)C)OC(=O)C(C)C(=O)O. The van der Waals surface area contributed by atoms with Gasteiger partial charge in [0.05, 0.1) is 0 Å². The third kappa shape index (κ3) is 7.79. The van der Waals surface area contributed by atoms with Gasteiger partial charge in [-0.1, -0.05) is 13.2 Å².